The maximum Gasteiger partial charge on any atom is 0.311 e. The van der Waals surface area contributed by atoms with E-state index in [0.717, 1.165) is 27.1 Å². The Morgan fingerprint density at radius 2 is 1.93 bits per heavy atom. The quantitative estimate of drug-likeness (QED) is 0.417. The molecule has 0 bridgehead atoms. The van der Waals surface area contributed by atoms with Crippen molar-refractivity contribution in [2.75, 3.05) is 6.26 Å². The number of rotatable bonds is 9. The van der Waals surface area contributed by atoms with Gasteiger partial charge in [0.1, 0.15) is 6.29 Å². The Kier molecular flexibility index (Phi) is 6.39. The highest BCUT2D eigenvalue weighted by molar-refractivity contribution is 7.98. The molecular weight excluding hydrogens is 388 g/mol. The van der Waals surface area contributed by atoms with E-state index in [1.54, 1.807) is 12.1 Å². The van der Waals surface area contributed by atoms with E-state index in [1.807, 2.05) is 42.7 Å². The molecule has 0 radical (unpaired) electrons. The van der Waals surface area contributed by atoms with E-state index in [-0.39, 0.29) is 12.8 Å². The van der Waals surface area contributed by atoms with E-state index in [4.69, 9.17) is 5.73 Å². The van der Waals surface area contributed by atoms with Gasteiger partial charge in [-0.25, -0.2) is 0 Å². The minimum absolute atomic E-state index is 0.0589. The van der Waals surface area contributed by atoms with Crippen molar-refractivity contribution in [3.63, 3.8) is 0 Å². The van der Waals surface area contributed by atoms with E-state index in [9.17, 15) is 19.5 Å². The highest BCUT2D eigenvalue weighted by atomic mass is 32.2. The van der Waals surface area contributed by atoms with Gasteiger partial charge in [-0.2, -0.15) is 0 Å². The fraction of sp³-hybridized carbons (Fsp3) is 0.227. The SMILES string of the molecule is CSc1c(CC(N)=O)c2cc(C(CC=O)C(=O)O)ccc2n1Cc1ccccc1. The lowest BCUT2D eigenvalue weighted by Gasteiger charge is -2.12. The standard InChI is InChI=1S/C22H22N2O4S/c1-29-21-18(12-20(23)26)17-11-15(16(9-10-25)22(27)28)7-8-19(17)24(21)13-14-5-3-2-4-6-14/h2-8,10-11,16H,9,12-13H2,1H3,(H2,23,26)(H,27,28). The van der Waals surface area contributed by atoms with Gasteiger partial charge in [-0.15, -0.1) is 11.8 Å². The molecule has 2 aromatic carbocycles. The number of carboxylic acids is 1. The van der Waals surface area contributed by atoms with Crippen LogP contribution in [0.25, 0.3) is 10.9 Å². The second kappa shape index (κ2) is 8.96. The zero-order valence-corrected chi connectivity index (χ0v) is 16.8. The average molecular weight is 410 g/mol. The van der Waals surface area contributed by atoms with Gasteiger partial charge in [-0.1, -0.05) is 36.4 Å². The molecule has 0 aliphatic carbocycles. The Morgan fingerprint density at radius 3 is 2.52 bits per heavy atom. The number of carboxylic acid groups (broad SMARTS) is 1. The van der Waals surface area contributed by atoms with E-state index in [0.29, 0.717) is 18.4 Å². The van der Waals surface area contributed by atoms with Crippen LogP contribution in [-0.2, 0) is 27.3 Å². The number of hydrogen-bond acceptors (Lipinski definition) is 4. The van der Waals surface area contributed by atoms with Crippen LogP contribution in [0.5, 0.6) is 0 Å². The number of carbonyl (C=O) groups excluding carboxylic acids is 2. The molecule has 3 N–H and O–H groups in total. The van der Waals surface area contributed by atoms with Crippen molar-refractivity contribution >= 4 is 40.8 Å². The van der Waals surface area contributed by atoms with E-state index >= 15 is 0 Å². The minimum Gasteiger partial charge on any atom is -0.481 e. The summed E-state index contributed by atoms with van der Waals surface area (Å²) in [5, 5.41) is 11.2. The van der Waals surface area contributed by atoms with Crippen LogP contribution in [0.4, 0.5) is 0 Å². The molecule has 0 aliphatic rings. The number of nitrogens with zero attached hydrogens (tertiary/aromatic N) is 1. The van der Waals surface area contributed by atoms with Gasteiger partial charge >= 0.3 is 5.97 Å². The maximum absolute atomic E-state index is 11.7. The first-order chi connectivity index (χ1) is 14.0. The molecule has 1 heterocycles. The van der Waals surface area contributed by atoms with E-state index in [2.05, 4.69) is 4.57 Å². The summed E-state index contributed by atoms with van der Waals surface area (Å²) in [7, 11) is 0. The summed E-state index contributed by atoms with van der Waals surface area (Å²) in [4.78, 5) is 34.3. The largest absolute Gasteiger partial charge is 0.481 e. The van der Waals surface area contributed by atoms with Crippen LogP contribution in [0.3, 0.4) is 0 Å². The second-order valence-electron chi connectivity index (χ2n) is 6.77. The first kappa shape index (κ1) is 20.7. The van der Waals surface area contributed by atoms with Crippen molar-refractivity contribution < 1.29 is 19.5 Å². The van der Waals surface area contributed by atoms with Gasteiger partial charge in [0.15, 0.2) is 0 Å². The zero-order valence-electron chi connectivity index (χ0n) is 16.0. The molecule has 1 atom stereocenters. The molecule has 0 aliphatic heterocycles. The number of fused-ring (bicyclic) bond motifs is 1. The predicted molar refractivity (Wildman–Crippen MR) is 113 cm³/mol. The molecule has 29 heavy (non-hydrogen) atoms. The normalized spacial score (nSPS) is 12.0. The number of carbonyl (C=O) groups is 3. The Hall–Kier alpha value is -3.06. The van der Waals surface area contributed by atoms with Crippen LogP contribution < -0.4 is 5.73 Å². The van der Waals surface area contributed by atoms with Crippen molar-refractivity contribution in [3.8, 4) is 0 Å². The third kappa shape index (κ3) is 4.35. The van der Waals surface area contributed by atoms with Crippen LogP contribution in [-0.4, -0.2) is 34.1 Å². The van der Waals surface area contributed by atoms with Crippen LogP contribution in [0.15, 0.2) is 53.6 Å². The number of nitrogens with two attached hydrogens (primary N) is 1. The Labute approximate surface area is 172 Å². The van der Waals surface area contributed by atoms with Gasteiger partial charge in [0.2, 0.25) is 5.91 Å². The Morgan fingerprint density at radius 1 is 1.21 bits per heavy atom. The highest BCUT2D eigenvalue weighted by Crippen LogP contribution is 2.35. The molecule has 3 rings (SSSR count). The summed E-state index contributed by atoms with van der Waals surface area (Å²) in [6.07, 6.45) is 2.50. The third-order valence-electron chi connectivity index (χ3n) is 4.90. The Bertz CT molecular complexity index is 1060. The fourth-order valence-electron chi connectivity index (χ4n) is 3.61. The molecule has 6 nitrogen and oxygen atoms in total. The molecule has 0 spiro atoms. The number of thioether (sulfide) groups is 1. The van der Waals surface area contributed by atoms with Gasteiger partial charge in [-0.3, -0.25) is 9.59 Å². The molecule has 1 amide bonds. The third-order valence-corrected chi connectivity index (χ3v) is 5.75. The topological polar surface area (TPSA) is 102 Å². The minimum atomic E-state index is -1.05. The molecule has 3 aromatic rings. The van der Waals surface area contributed by atoms with Crippen molar-refractivity contribution in [1.82, 2.24) is 4.57 Å². The molecular formula is C22H22N2O4S. The van der Waals surface area contributed by atoms with Gasteiger partial charge in [0, 0.05) is 29.4 Å². The van der Waals surface area contributed by atoms with E-state index in [1.165, 1.54) is 11.8 Å². The molecule has 1 aromatic heterocycles. The number of amides is 1. The lowest BCUT2D eigenvalue weighted by atomic mass is 9.94. The van der Waals surface area contributed by atoms with Gasteiger partial charge in [-0.05, 0) is 29.5 Å². The smallest absolute Gasteiger partial charge is 0.311 e. The van der Waals surface area contributed by atoms with Crippen LogP contribution >= 0.6 is 11.8 Å². The molecule has 0 saturated carbocycles. The zero-order chi connectivity index (χ0) is 21.0. The lowest BCUT2D eigenvalue weighted by Crippen LogP contribution is -2.14. The number of aromatic nitrogens is 1. The Balaban J connectivity index is 2.21. The molecule has 1 unspecified atom stereocenters. The van der Waals surface area contributed by atoms with Crippen molar-refractivity contribution in [1.29, 1.82) is 0 Å². The maximum atomic E-state index is 11.7. The van der Waals surface area contributed by atoms with Crippen molar-refractivity contribution in [3.05, 3.63) is 65.2 Å². The number of aliphatic carboxylic acids is 1. The summed E-state index contributed by atoms with van der Waals surface area (Å²) in [6, 6.07) is 15.3. The van der Waals surface area contributed by atoms with Crippen LogP contribution in [0, 0.1) is 0 Å². The number of hydrogen-bond donors (Lipinski definition) is 2. The van der Waals surface area contributed by atoms with Crippen molar-refractivity contribution in [2.24, 2.45) is 5.73 Å². The molecule has 150 valence electrons. The molecule has 7 heteroatoms. The molecule has 0 fully saturated rings. The summed E-state index contributed by atoms with van der Waals surface area (Å²) in [6.45, 7) is 0.613. The van der Waals surface area contributed by atoms with Gasteiger partial charge in [0.25, 0.3) is 0 Å². The lowest BCUT2D eigenvalue weighted by molar-refractivity contribution is -0.139. The van der Waals surface area contributed by atoms with Gasteiger partial charge in [0.05, 0.1) is 17.4 Å². The second-order valence-corrected chi connectivity index (χ2v) is 7.57. The number of aldehydes is 1. The average Bonchev–Trinajstić information content (AvgIpc) is 2.98. The van der Waals surface area contributed by atoms with Gasteiger partial charge < -0.3 is 20.2 Å². The summed E-state index contributed by atoms with van der Waals surface area (Å²) in [5.74, 6) is -2.43. The fourth-order valence-corrected chi connectivity index (χ4v) is 4.42. The van der Waals surface area contributed by atoms with Crippen LogP contribution in [0.1, 0.15) is 29.0 Å². The number of primary amides is 1. The molecule has 0 saturated heterocycles. The predicted octanol–water partition coefficient (Wildman–Crippen LogP) is 3.20. The first-order valence-corrected chi connectivity index (χ1v) is 10.4. The first-order valence-electron chi connectivity index (χ1n) is 9.14. The monoisotopic (exact) mass is 410 g/mol. The highest BCUT2D eigenvalue weighted by Gasteiger charge is 2.23. The van der Waals surface area contributed by atoms with Crippen LogP contribution in [0.2, 0.25) is 0 Å². The number of benzene rings is 2. The summed E-state index contributed by atoms with van der Waals surface area (Å²) < 4.78 is 2.12. The summed E-state index contributed by atoms with van der Waals surface area (Å²) in [5.41, 5.74) is 8.82. The van der Waals surface area contributed by atoms with E-state index < -0.39 is 17.8 Å². The van der Waals surface area contributed by atoms with Crippen molar-refractivity contribution in [2.45, 2.75) is 30.3 Å². The summed E-state index contributed by atoms with van der Waals surface area (Å²) >= 11 is 1.52.